The van der Waals surface area contributed by atoms with E-state index in [1.54, 1.807) is 13.2 Å². The molecule has 0 atom stereocenters. The molecule has 0 saturated carbocycles. The van der Waals surface area contributed by atoms with E-state index in [1.165, 1.54) is 0 Å². The highest BCUT2D eigenvalue weighted by molar-refractivity contribution is 5.70. The summed E-state index contributed by atoms with van der Waals surface area (Å²) in [5.41, 5.74) is 7.24. The van der Waals surface area contributed by atoms with Gasteiger partial charge in [-0.15, -0.1) is 0 Å². The van der Waals surface area contributed by atoms with Crippen molar-refractivity contribution in [3.8, 4) is 11.4 Å². The molecule has 0 saturated heterocycles. The van der Waals surface area contributed by atoms with Gasteiger partial charge in [-0.3, -0.25) is 0 Å². The largest absolute Gasteiger partial charge is 0.398 e. The lowest BCUT2D eigenvalue weighted by Gasteiger charge is -1.97. The molecule has 0 bridgehead atoms. The molecule has 0 aliphatic heterocycles. The van der Waals surface area contributed by atoms with Gasteiger partial charge in [0, 0.05) is 18.4 Å². The summed E-state index contributed by atoms with van der Waals surface area (Å²) in [5, 5.41) is 3.88. The summed E-state index contributed by atoms with van der Waals surface area (Å²) >= 11 is 0. The molecule has 5 nitrogen and oxygen atoms in total. The van der Waals surface area contributed by atoms with Gasteiger partial charge < -0.3 is 15.0 Å². The van der Waals surface area contributed by atoms with Crippen LogP contribution in [0, 0.1) is 0 Å². The maximum absolute atomic E-state index is 5.82. The summed E-state index contributed by atoms with van der Waals surface area (Å²) in [7, 11) is 1.63. The van der Waals surface area contributed by atoms with Crippen LogP contribution in [0.15, 0.2) is 28.8 Å². The van der Waals surface area contributed by atoms with Crippen molar-refractivity contribution in [2.45, 2.75) is 6.42 Å². The number of methoxy groups -OCH3 is 1. The molecule has 0 aliphatic carbocycles. The number of benzene rings is 1. The van der Waals surface area contributed by atoms with Gasteiger partial charge in [0.1, 0.15) is 0 Å². The molecule has 84 valence electrons. The van der Waals surface area contributed by atoms with Gasteiger partial charge in [0.2, 0.25) is 11.7 Å². The fourth-order valence-electron chi connectivity index (χ4n) is 1.36. The van der Waals surface area contributed by atoms with Crippen LogP contribution in [0.2, 0.25) is 0 Å². The second-order valence-corrected chi connectivity index (χ2v) is 3.34. The van der Waals surface area contributed by atoms with Crippen molar-refractivity contribution in [1.29, 1.82) is 0 Å². The minimum Gasteiger partial charge on any atom is -0.398 e. The standard InChI is InChI=1S/C11H13N3O2/c1-15-7-6-10-13-11(14-16-10)8-4-2-3-5-9(8)12/h2-5H,6-7,12H2,1H3. The lowest BCUT2D eigenvalue weighted by atomic mass is 10.2. The zero-order chi connectivity index (χ0) is 11.4. The molecule has 2 N–H and O–H groups in total. The second-order valence-electron chi connectivity index (χ2n) is 3.34. The number of nitrogen functional groups attached to an aromatic ring is 1. The van der Waals surface area contributed by atoms with Crippen LogP contribution in [0.5, 0.6) is 0 Å². The third-order valence-corrected chi connectivity index (χ3v) is 2.19. The van der Waals surface area contributed by atoms with E-state index in [0.29, 0.717) is 30.4 Å². The average Bonchev–Trinajstić information content (AvgIpc) is 2.75. The molecular formula is C11H13N3O2. The van der Waals surface area contributed by atoms with E-state index in [-0.39, 0.29) is 0 Å². The first kappa shape index (κ1) is 10.6. The van der Waals surface area contributed by atoms with Crippen molar-refractivity contribution < 1.29 is 9.26 Å². The molecule has 0 fully saturated rings. The molecular weight excluding hydrogens is 206 g/mol. The zero-order valence-corrected chi connectivity index (χ0v) is 9.01. The summed E-state index contributed by atoms with van der Waals surface area (Å²) in [6.07, 6.45) is 0.607. The van der Waals surface area contributed by atoms with Gasteiger partial charge in [0.25, 0.3) is 0 Å². The van der Waals surface area contributed by atoms with Gasteiger partial charge in [0.15, 0.2) is 0 Å². The maximum Gasteiger partial charge on any atom is 0.229 e. The van der Waals surface area contributed by atoms with Gasteiger partial charge in [-0.2, -0.15) is 4.98 Å². The van der Waals surface area contributed by atoms with Crippen LogP contribution >= 0.6 is 0 Å². The SMILES string of the molecule is COCCc1nc(-c2ccccc2N)no1. The molecule has 0 unspecified atom stereocenters. The molecule has 1 aromatic carbocycles. The lowest BCUT2D eigenvalue weighted by molar-refractivity contribution is 0.192. The molecule has 0 aliphatic rings. The summed E-state index contributed by atoms with van der Waals surface area (Å²) in [6, 6.07) is 7.42. The minimum absolute atomic E-state index is 0.518. The van der Waals surface area contributed by atoms with E-state index < -0.39 is 0 Å². The summed E-state index contributed by atoms with van der Waals surface area (Å²) in [5.74, 6) is 1.07. The number of nitrogens with two attached hydrogens (primary N) is 1. The summed E-state index contributed by atoms with van der Waals surface area (Å²) in [6.45, 7) is 0.561. The van der Waals surface area contributed by atoms with E-state index in [1.807, 2.05) is 18.2 Å². The average molecular weight is 219 g/mol. The minimum atomic E-state index is 0.518. The van der Waals surface area contributed by atoms with Crippen LogP contribution in [0.4, 0.5) is 5.69 Å². The molecule has 1 aromatic heterocycles. The Balaban J connectivity index is 2.22. The Labute approximate surface area is 93.2 Å². The predicted octanol–water partition coefficient (Wildman–Crippen LogP) is 1.51. The van der Waals surface area contributed by atoms with Crippen LogP contribution in [-0.2, 0) is 11.2 Å². The topological polar surface area (TPSA) is 74.2 Å². The van der Waals surface area contributed by atoms with E-state index in [2.05, 4.69) is 10.1 Å². The smallest absolute Gasteiger partial charge is 0.229 e. The van der Waals surface area contributed by atoms with Gasteiger partial charge in [0.05, 0.1) is 13.0 Å². The number of ether oxygens (including phenoxy) is 1. The highest BCUT2D eigenvalue weighted by Gasteiger charge is 2.10. The number of anilines is 1. The first-order chi connectivity index (χ1) is 7.81. The number of aromatic nitrogens is 2. The Bertz CT molecular complexity index is 468. The lowest BCUT2D eigenvalue weighted by Crippen LogP contribution is -1.95. The first-order valence-corrected chi connectivity index (χ1v) is 4.97. The Morgan fingerprint density at radius 1 is 1.38 bits per heavy atom. The summed E-state index contributed by atoms with van der Waals surface area (Å²) < 4.78 is 10.0. The van der Waals surface area contributed by atoms with E-state index in [4.69, 9.17) is 15.0 Å². The molecule has 0 amide bonds. The Morgan fingerprint density at radius 3 is 2.94 bits per heavy atom. The molecule has 2 aromatic rings. The monoisotopic (exact) mass is 219 g/mol. The first-order valence-electron chi connectivity index (χ1n) is 4.97. The number of para-hydroxylation sites is 1. The molecule has 1 heterocycles. The fraction of sp³-hybridized carbons (Fsp3) is 0.273. The Morgan fingerprint density at radius 2 is 2.19 bits per heavy atom. The molecule has 16 heavy (non-hydrogen) atoms. The van der Waals surface area contributed by atoms with Gasteiger partial charge in [-0.25, -0.2) is 0 Å². The second kappa shape index (κ2) is 4.76. The van der Waals surface area contributed by atoms with Crippen molar-refractivity contribution in [3.63, 3.8) is 0 Å². The predicted molar refractivity (Wildman–Crippen MR) is 59.7 cm³/mol. The number of hydrogen-bond donors (Lipinski definition) is 1. The quantitative estimate of drug-likeness (QED) is 0.789. The normalized spacial score (nSPS) is 10.6. The molecule has 2 rings (SSSR count). The number of hydrogen-bond acceptors (Lipinski definition) is 5. The molecule has 5 heteroatoms. The van der Waals surface area contributed by atoms with E-state index >= 15 is 0 Å². The highest BCUT2D eigenvalue weighted by atomic mass is 16.5. The third-order valence-electron chi connectivity index (χ3n) is 2.19. The van der Waals surface area contributed by atoms with Gasteiger partial charge in [-0.05, 0) is 12.1 Å². The fourth-order valence-corrected chi connectivity index (χ4v) is 1.36. The Kier molecular flexibility index (Phi) is 3.16. The zero-order valence-electron chi connectivity index (χ0n) is 9.01. The third kappa shape index (κ3) is 2.20. The van der Waals surface area contributed by atoms with Crippen molar-refractivity contribution in [1.82, 2.24) is 10.1 Å². The van der Waals surface area contributed by atoms with Gasteiger partial charge >= 0.3 is 0 Å². The maximum atomic E-state index is 5.82. The highest BCUT2D eigenvalue weighted by Crippen LogP contribution is 2.22. The van der Waals surface area contributed by atoms with E-state index in [9.17, 15) is 0 Å². The number of nitrogens with zero attached hydrogens (tertiary/aromatic N) is 2. The Hall–Kier alpha value is -1.88. The molecule has 0 spiro atoms. The van der Waals surface area contributed by atoms with Crippen LogP contribution in [-0.4, -0.2) is 23.9 Å². The van der Waals surface area contributed by atoms with Crippen LogP contribution in [0.25, 0.3) is 11.4 Å². The summed E-state index contributed by atoms with van der Waals surface area (Å²) in [4.78, 5) is 4.24. The van der Waals surface area contributed by atoms with Crippen molar-refractivity contribution in [2.24, 2.45) is 0 Å². The van der Waals surface area contributed by atoms with E-state index in [0.717, 1.165) is 5.56 Å². The van der Waals surface area contributed by atoms with Crippen LogP contribution < -0.4 is 5.73 Å². The van der Waals surface area contributed by atoms with Crippen LogP contribution in [0.1, 0.15) is 5.89 Å². The van der Waals surface area contributed by atoms with Crippen molar-refractivity contribution in [2.75, 3.05) is 19.5 Å². The van der Waals surface area contributed by atoms with Crippen molar-refractivity contribution in [3.05, 3.63) is 30.2 Å². The number of rotatable bonds is 4. The van der Waals surface area contributed by atoms with Gasteiger partial charge in [-0.1, -0.05) is 17.3 Å². The molecule has 0 radical (unpaired) electrons. The van der Waals surface area contributed by atoms with Crippen molar-refractivity contribution >= 4 is 5.69 Å². The van der Waals surface area contributed by atoms with Crippen LogP contribution in [0.3, 0.4) is 0 Å².